The van der Waals surface area contributed by atoms with Crippen molar-refractivity contribution in [3.8, 4) is 17.2 Å². The number of ether oxygens (including phenoxy) is 1. The Morgan fingerprint density at radius 2 is 1.85 bits per heavy atom. The molecule has 0 radical (unpaired) electrons. The summed E-state index contributed by atoms with van der Waals surface area (Å²) in [4.78, 5) is 25.3. The molecule has 2 saturated heterocycles. The molecule has 41 heavy (non-hydrogen) atoms. The van der Waals surface area contributed by atoms with Gasteiger partial charge in [0.15, 0.2) is 0 Å². The van der Waals surface area contributed by atoms with Crippen LogP contribution < -0.4 is 20.7 Å². The fourth-order valence-corrected chi connectivity index (χ4v) is 5.53. The number of H-pyrrole nitrogens is 1. The van der Waals surface area contributed by atoms with Gasteiger partial charge in [0.25, 0.3) is 0 Å². The van der Waals surface area contributed by atoms with E-state index in [2.05, 4.69) is 52.0 Å². The van der Waals surface area contributed by atoms with Gasteiger partial charge in [-0.2, -0.15) is 5.26 Å². The Balaban J connectivity index is 1.54. The second-order valence-corrected chi connectivity index (χ2v) is 10.8. The summed E-state index contributed by atoms with van der Waals surface area (Å²) < 4.78 is 35.0. The van der Waals surface area contributed by atoms with Crippen molar-refractivity contribution in [2.24, 2.45) is 0 Å². The lowest BCUT2D eigenvalue weighted by Crippen LogP contribution is -2.55. The lowest BCUT2D eigenvalue weighted by molar-refractivity contribution is 0.122. The summed E-state index contributed by atoms with van der Waals surface area (Å²) in [6.07, 6.45) is 3.10. The number of hydrogen-bond donors (Lipinski definition) is 2. The minimum absolute atomic E-state index is 0.227. The van der Waals surface area contributed by atoms with E-state index < -0.39 is 12.5 Å². The third-order valence-corrected chi connectivity index (χ3v) is 8.11. The van der Waals surface area contributed by atoms with Crippen LogP contribution in [-0.2, 0) is 18.0 Å². The molecule has 11 heteroatoms. The molecule has 2 N–H and O–H groups in total. The molecule has 0 unspecified atom stereocenters. The van der Waals surface area contributed by atoms with Crippen molar-refractivity contribution in [3.63, 3.8) is 0 Å². The van der Waals surface area contributed by atoms with Gasteiger partial charge < -0.3 is 24.8 Å². The van der Waals surface area contributed by atoms with Gasteiger partial charge in [-0.1, -0.05) is 0 Å². The van der Waals surface area contributed by atoms with E-state index in [9.17, 15) is 14.4 Å². The molecule has 0 bridgehead atoms. The smallest absolute Gasteiger partial charge is 0.248 e. The first-order valence-corrected chi connectivity index (χ1v) is 13.8. The number of piperazine rings is 1. The fraction of sp³-hybridized carbons (Fsp3) is 0.433. The highest BCUT2D eigenvalue weighted by atomic mass is 19.1. The van der Waals surface area contributed by atoms with Crippen molar-refractivity contribution in [3.05, 3.63) is 69.5 Å². The predicted octanol–water partition coefficient (Wildman–Crippen LogP) is 3.89. The zero-order valence-corrected chi connectivity index (χ0v) is 23.6. The zero-order chi connectivity index (χ0) is 29.1. The van der Waals surface area contributed by atoms with Crippen LogP contribution in [0.25, 0.3) is 11.1 Å². The van der Waals surface area contributed by atoms with E-state index in [0.717, 1.165) is 0 Å². The normalized spacial score (nSPS) is 19.7. The number of pyridine rings is 2. The van der Waals surface area contributed by atoms with Gasteiger partial charge in [-0.3, -0.25) is 9.69 Å². The molecule has 9 nitrogen and oxygen atoms in total. The largest absolute Gasteiger partial charge is 0.379 e. The van der Waals surface area contributed by atoms with Gasteiger partial charge in [-0.15, -0.1) is 0 Å². The summed E-state index contributed by atoms with van der Waals surface area (Å²) in [5, 5.41) is 13.3. The Morgan fingerprint density at radius 3 is 2.54 bits per heavy atom. The van der Waals surface area contributed by atoms with Crippen LogP contribution in [-0.4, -0.2) is 73.4 Å². The molecule has 2 aliphatic heterocycles. The SMILES string of the molecule is C[C@@H]1CN(c2cc(F)c(-c3cnc(N4CCOCC4)c(C#N)c3)cc2NCc2c[nH]c(=O)cc2CF)C[C@H](C)N1C. The highest BCUT2D eigenvalue weighted by molar-refractivity contribution is 5.80. The third-order valence-electron chi connectivity index (χ3n) is 8.11. The number of hydrogen-bond acceptors (Lipinski definition) is 8. The van der Waals surface area contributed by atoms with E-state index in [0.29, 0.717) is 84.4 Å². The molecule has 0 saturated carbocycles. The van der Waals surface area contributed by atoms with Crippen LogP contribution in [0.15, 0.2) is 41.5 Å². The number of likely N-dealkylation sites (N-methyl/N-ethyl adjacent to an activating group) is 1. The number of rotatable bonds is 7. The molecule has 3 aromatic rings. The van der Waals surface area contributed by atoms with Gasteiger partial charge in [0.1, 0.15) is 24.4 Å². The number of morpholine rings is 1. The van der Waals surface area contributed by atoms with E-state index in [-0.39, 0.29) is 24.2 Å². The number of nitrogens with one attached hydrogen (secondary N) is 2. The monoisotopic (exact) mass is 563 g/mol. The summed E-state index contributed by atoms with van der Waals surface area (Å²) >= 11 is 0. The molecule has 0 aliphatic carbocycles. The lowest BCUT2D eigenvalue weighted by Gasteiger charge is -2.44. The predicted molar refractivity (Wildman–Crippen MR) is 155 cm³/mol. The third kappa shape index (κ3) is 6.04. The van der Waals surface area contributed by atoms with Gasteiger partial charge in [0.2, 0.25) is 5.56 Å². The summed E-state index contributed by atoms with van der Waals surface area (Å²) in [7, 11) is 2.09. The van der Waals surface area contributed by atoms with Crippen LogP contribution in [0.3, 0.4) is 0 Å². The molecular weight excluding hydrogens is 528 g/mol. The quantitative estimate of drug-likeness (QED) is 0.447. The first kappa shape index (κ1) is 28.5. The number of benzene rings is 1. The molecule has 4 heterocycles. The first-order chi connectivity index (χ1) is 19.8. The van der Waals surface area contributed by atoms with Crippen molar-refractivity contribution < 1.29 is 13.5 Å². The first-order valence-electron chi connectivity index (χ1n) is 13.8. The van der Waals surface area contributed by atoms with Crippen molar-refractivity contribution >= 4 is 17.2 Å². The van der Waals surface area contributed by atoms with E-state index >= 15 is 4.39 Å². The van der Waals surface area contributed by atoms with Crippen LogP contribution in [0.1, 0.15) is 30.5 Å². The lowest BCUT2D eigenvalue weighted by atomic mass is 10.0. The van der Waals surface area contributed by atoms with Gasteiger partial charge in [-0.25, -0.2) is 13.8 Å². The molecule has 2 fully saturated rings. The van der Waals surface area contributed by atoms with Crippen LogP contribution >= 0.6 is 0 Å². The molecule has 2 aliphatic rings. The maximum Gasteiger partial charge on any atom is 0.248 e. The number of nitriles is 1. The second kappa shape index (κ2) is 12.2. The minimum Gasteiger partial charge on any atom is -0.379 e. The van der Waals surface area contributed by atoms with Gasteiger partial charge in [0, 0.05) is 74.4 Å². The standard InChI is InChI=1S/C30H35F2N7O2/c1-19-17-39(18-20(2)37(19)3)28-11-26(32)25(10-27(28)34-15-24-16-35-29(40)9-21(24)12-31)23-8-22(13-33)30(36-14-23)38-4-6-41-7-5-38/h8-11,14,16,19-20,34H,4-7,12,15,17-18H2,1-3H3,(H,35,40)/t19-,20+. The zero-order valence-electron chi connectivity index (χ0n) is 23.6. The maximum atomic E-state index is 15.9. The Hall–Kier alpha value is -4.01. The minimum atomic E-state index is -0.770. The molecular formula is C30H35F2N7O2. The van der Waals surface area contributed by atoms with Crippen LogP contribution in [0.4, 0.5) is 26.0 Å². The van der Waals surface area contributed by atoms with Gasteiger partial charge in [-0.05, 0) is 50.2 Å². The number of halogens is 2. The van der Waals surface area contributed by atoms with Crippen LogP contribution in [0.5, 0.6) is 0 Å². The number of aromatic nitrogens is 2. The Labute approximate surface area is 238 Å². The van der Waals surface area contributed by atoms with Crippen molar-refractivity contribution in [1.82, 2.24) is 14.9 Å². The average Bonchev–Trinajstić information content (AvgIpc) is 2.99. The number of nitrogens with zero attached hydrogens (tertiary/aromatic N) is 5. The summed E-state index contributed by atoms with van der Waals surface area (Å²) in [6, 6.07) is 8.89. The van der Waals surface area contributed by atoms with E-state index in [1.165, 1.54) is 18.3 Å². The van der Waals surface area contributed by atoms with E-state index in [1.54, 1.807) is 18.3 Å². The Morgan fingerprint density at radius 1 is 1.12 bits per heavy atom. The van der Waals surface area contributed by atoms with E-state index in [4.69, 9.17) is 4.74 Å². The Kier molecular flexibility index (Phi) is 8.52. The summed E-state index contributed by atoms with van der Waals surface area (Å²) in [5.41, 5.74) is 3.05. The summed E-state index contributed by atoms with van der Waals surface area (Å²) in [6.45, 7) is 7.52. The number of anilines is 3. The van der Waals surface area contributed by atoms with Gasteiger partial charge in [0.05, 0.1) is 30.2 Å². The molecule has 1 aromatic carbocycles. The molecule has 5 rings (SSSR count). The molecule has 0 spiro atoms. The van der Waals surface area contributed by atoms with Crippen LogP contribution in [0, 0.1) is 17.1 Å². The highest BCUT2D eigenvalue weighted by Gasteiger charge is 2.29. The molecule has 0 amide bonds. The van der Waals surface area contributed by atoms with E-state index in [1.807, 2.05) is 4.90 Å². The number of aromatic amines is 1. The second-order valence-electron chi connectivity index (χ2n) is 10.8. The van der Waals surface area contributed by atoms with Crippen molar-refractivity contribution in [2.45, 2.75) is 39.2 Å². The van der Waals surface area contributed by atoms with Gasteiger partial charge >= 0.3 is 0 Å². The maximum absolute atomic E-state index is 15.9. The molecule has 2 aromatic heterocycles. The van der Waals surface area contributed by atoms with Crippen molar-refractivity contribution in [1.29, 1.82) is 5.26 Å². The fourth-order valence-electron chi connectivity index (χ4n) is 5.53. The average molecular weight is 564 g/mol. The van der Waals surface area contributed by atoms with Crippen molar-refractivity contribution in [2.75, 3.05) is 61.6 Å². The Bertz CT molecular complexity index is 1490. The topological polar surface area (TPSA) is 101 Å². The molecule has 2 atom stereocenters. The highest BCUT2D eigenvalue weighted by Crippen LogP contribution is 2.37. The number of alkyl halides is 1. The summed E-state index contributed by atoms with van der Waals surface area (Å²) in [5.74, 6) is 0.134. The van der Waals surface area contributed by atoms with Crippen LogP contribution in [0.2, 0.25) is 0 Å². The molecule has 216 valence electrons.